The first-order valence-corrected chi connectivity index (χ1v) is 11.0. The second kappa shape index (κ2) is 9.41. The summed E-state index contributed by atoms with van der Waals surface area (Å²) in [6.45, 7) is 6.36. The molecule has 11 heteroatoms. The maximum atomic E-state index is 10.9. The highest BCUT2D eigenvalue weighted by Crippen LogP contribution is 2.31. The third kappa shape index (κ3) is 4.25. The van der Waals surface area contributed by atoms with E-state index in [0.717, 1.165) is 40.3 Å². The smallest absolute Gasteiger partial charge is 0.263 e. The Kier molecular flexibility index (Phi) is 6.38. The van der Waals surface area contributed by atoms with Crippen molar-refractivity contribution in [3.63, 3.8) is 0 Å². The number of aromatic nitrogens is 6. The normalized spacial score (nSPS) is 10.9. The van der Waals surface area contributed by atoms with E-state index >= 15 is 0 Å². The fraction of sp³-hybridized carbons (Fsp3) is 0.261. The summed E-state index contributed by atoms with van der Waals surface area (Å²) in [5, 5.41) is 33.8. The van der Waals surface area contributed by atoms with Gasteiger partial charge in [0.15, 0.2) is 5.82 Å². The largest absolute Gasteiger partial charge is 0.287 e. The molecule has 0 N–H and O–H groups in total. The van der Waals surface area contributed by atoms with Crippen LogP contribution in [0.5, 0.6) is 0 Å². The Balaban J connectivity index is 1.70. The SMILES string of the molecule is CCCc1c(Cn2nc(C)c(-c3ccc(C#N)c(Cl)c3)c2C)nnn1-c1ccc([N+](=O)[O-])cn1. The lowest BCUT2D eigenvalue weighted by molar-refractivity contribution is -0.385. The van der Waals surface area contributed by atoms with Crippen molar-refractivity contribution in [3.05, 3.63) is 80.0 Å². The van der Waals surface area contributed by atoms with Gasteiger partial charge in [-0.1, -0.05) is 36.2 Å². The van der Waals surface area contributed by atoms with E-state index in [0.29, 0.717) is 29.4 Å². The highest BCUT2D eigenvalue weighted by molar-refractivity contribution is 6.32. The summed E-state index contributed by atoms with van der Waals surface area (Å²) >= 11 is 6.25. The van der Waals surface area contributed by atoms with Crippen LogP contribution in [0.2, 0.25) is 5.02 Å². The van der Waals surface area contributed by atoms with Gasteiger partial charge in [0.25, 0.3) is 5.69 Å². The summed E-state index contributed by atoms with van der Waals surface area (Å²) in [5.74, 6) is 0.467. The molecular weight excluding hydrogens is 456 g/mol. The Bertz CT molecular complexity index is 1420. The van der Waals surface area contributed by atoms with Crippen molar-refractivity contribution in [2.45, 2.75) is 40.2 Å². The number of nitrogens with zero attached hydrogens (tertiary/aromatic N) is 8. The van der Waals surface area contributed by atoms with E-state index in [1.807, 2.05) is 24.6 Å². The molecule has 1 aromatic carbocycles. The van der Waals surface area contributed by atoms with Gasteiger partial charge in [0.1, 0.15) is 18.0 Å². The van der Waals surface area contributed by atoms with Crippen LogP contribution < -0.4 is 0 Å². The van der Waals surface area contributed by atoms with E-state index in [4.69, 9.17) is 22.0 Å². The molecule has 0 spiro atoms. The molecule has 0 radical (unpaired) electrons. The topological polar surface area (TPSA) is 128 Å². The van der Waals surface area contributed by atoms with Gasteiger partial charge >= 0.3 is 0 Å². The minimum Gasteiger partial charge on any atom is -0.263 e. The molecule has 172 valence electrons. The number of aryl methyl sites for hydroxylation is 1. The lowest BCUT2D eigenvalue weighted by Crippen LogP contribution is -2.09. The maximum Gasteiger partial charge on any atom is 0.287 e. The Morgan fingerprint density at radius 2 is 2.03 bits per heavy atom. The summed E-state index contributed by atoms with van der Waals surface area (Å²) in [7, 11) is 0. The van der Waals surface area contributed by atoms with Crippen molar-refractivity contribution in [1.82, 2.24) is 29.8 Å². The first-order valence-electron chi connectivity index (χ1n) is 10.6. The zero-order chi connectivity index (χ0) is 24.4. The van der Waals surface area contributed by atoms with Gasteiger partial charge < -0.3 is 0 Å². The highest BCUT2D eigenvalue weighted by Gasteiger charge is 2.20. The number of hydrogen-bond donors (Lipinski definition) is 0. The third-order valence-electron chi connectivity index (χ3n) is 5.55. The molecular formula is C23H21ClN8O2. The third-order valence-corrected chi connectivity index (χ3v) is 5.86. The number of rotatable bonds is 7. The van der Waals surface area contributed by atoms with E-state index in [-0.39, 0.29) is 5.69 Å². The molecule has 0 atom stereocenters. The Morgan fingerprint density at radius 1 is 1.24 bits per heavy atom. The van der Waals surface area contributed by atoms with Crippen molar-refractivity contribution in [1.29, 1.82) is 5.26 Å². The number of halogens is 1. The van der Waals surface area contributed by atoms with E-state index in [9.17, 15) is 10.1 Å². The zero-order valence-electron chi connectivity index (χ0n) is 18.9. The fourth-order valence-electron chi connectivity index (χ4n) is 3.91. The monoisotopic (exact) mass is 476 g/mol. The molecule has 4 rings (SSSR count). The van der Waals surface area contributed by atoms with Crippen LogP contribution in [0.15, 0.2) is 36.5 Å². The molecule has 34 heavy (non-hydrogen) atoms. The van der Waals surface area contributed by atoms with Crippen LogP contribution in [0.25, 0.3) is 16.9 Å². The first kappa shape index (κ1) is 23.1. The van der Waals surface area contributed by atoms with Crippen LogP contribution in [-0.4, -0.2) is 34.7 Å². The van der Waals surface area contributed by atoms with Gasteiger partial charge in [-0.05, 0) is 44.0 Å². The second-order valence-electron chi connectivity index (χ2n) is 7.79. The van der Waals surface area contributed by atoms with Crippen LogP contribution in [0.4, 0.5) is 5.69 Å². The summed E-state index contributed by atoms with van der Waals surface area (Å²) < 4.78 is 3.49. The van der Waals surface area contributed by atoms with Crippen LogP contribution in [0, 0.1) is 35.3 Å². The van der Waals surface area contributed by atoms with Crippen molar-refractivity contribution in [2.75, 3.05) is 0 Å². The van der Waals surface area contributed by atoms with Gasteiger partial charge in [0, 0.05) is 17.3 Å². The highest BCUT2D eigenvalue weighted by atomic mass is 35.5. The molecule has 0 bridgehead atoms. The van der Waals surface area contributed by atoms with Crippen molar-refractivity contribution in [2.24, 2.45) is 0 Å². The van der Waals surface area contributed by atoms with Crippen molar-refractivity contribution >= 4 is 17.3 Å². The first-order chi connectivity index (χ1) is 16.3. The summed E-state index contributed by atoms with van der Waals surface area (Å²) in [4.78, 5) is 14.6. The second-order valence-corrected chi connectivity index (χ2v) is 8.19. The molecule has 3 heterocycles. The predicted octanol–water partition coefficient (Wildman–Crippen LogP) is 4.58. The number of benzene rings is 1. The summed E-state index contributed by atoms with van der Waals surface area (Å²) in [6, 6.07) is 10.4. The average Bonchev–Trinajstić information content (AvgIpc) is 3.34. The molecule has 4 aromatic rings. The predicted molar refractivity (Wildman–Crippen MR) is 126 cm³/mol. The number of pyridine rings is 1. The average molecular weight is 477 g/mol. The van der Waals surface area contributed by atoms with E-state index in [1.165, 1.54) is 12.3 Å². The van der Waals surface area contributed by atoms with Crippen LogP contribution in [0.1, 0.15) is 41.7 Å². The molecule has 0 aliphatic carbocycles. The van der Waals surface area contributed by atoms with Crippen molar-refractivity contribution in [3.8, 4) is 23.0 Å². The minimum atomic E-state index is -0.488. The number of hydrogen-bond acceptors (Lipinski definition) is 7. The lowest BCUT2D eigenvalue weighted by atomic mass is 10.0. The van der Waals surface area contributed by atoms with Crippen molar-refractivity contribution < 1.29 is 4.92 Å². The van der Waals surface area contributed by atoms with Gasteiger partial charge in [0.05, 0.1) is 33.4 Å². The molecule has 0 amide bonds. The lowest BCUT2D eigenvalue weighted by Gasteiger charge is -2.08. The minimum absolute atomic E-state index is 0.0841. The number of nitro groups is 1. The molecule has 0 unspecified atom stereocenters. The summed E-state index contributed by atoms with van der Waals surface area (Å²) in [6.07, 6.45) is 2.78. The molecule has 0 saturated carbocycles. The molecule has 0 aliphatic rings. The zero-order valence-corrected chi connectivity index (χ0v) is 19.6. The standard InChI is InChI=1S/C23H21ClN8O2/c1-4-5-21-20(27-29-31(21)22-9-8-18(12-26-22)32(33)34)13-30-15(3)23(14(2)28-30)16-6-7-17(11-25)19(24)10-16/h6-10,12H,4-5,13H2,1-3H3. The van der Waals surface area contributed by atoms with E-state index < -0.39 is 4.92 Å². The Hall–Kier alpha value is -4.10. The number of nitriles is 1. The van der Waals surface area contributed by atoms with E-state index in [1.54, 1.807) is 22.9 Å². The maximum absolute atomic E-state index is 10.9. The Morgan fingerprint density at radius 3 is 2.65 bits per heavy atom. The van der Waals surface area contributed by atoms with E-state index in [2.05, 4.69) is 28.3 Å². The summed E-state index contributed by atoms with van der Waals surface area (Å²) in [5.41, 5.74) is 5.57. The fourth-order valence-corrected chi connectivity index (χ4v) is 4.13. The van der Waals surface area contributed by atoms with Crippen LogP contribution >= 0.6 is 11.6 Å². The van der Waals surface area contributed by atoms with Gasteiger partial charge in [0.2, 0.25) is 0 Å². The molecule has 10 nitrogen and oxygen atoms in total. The van der Waals surface area contributed by atoms with Gasteiger partial charge in [-0.25, -0.2) is 4.98 Å². The molecule has 0 fully saturated rings. The van der Waals surface area contributed by atoms with Gasteiger partial charge in [-0.15, -0.1) is 5.10 Å². The van der Waals surface area contributed by atoms with Crippen LogP contribution in [-0.2, 0) is 13.0 Å². The van der Waals surface area contributed by atoms with Crippen LogP contribution in [0.3, 0.4) is 0 Å². The molecule has 3 aromatic heterocycles. The Labute approximate surface area is 200 Å². The molecule has 0 saturated heterocycles. The quantitative estimate of drug-likeness (QED) is 0.282. The molecule has 0 aliphatic heterocycles. The van der Waals surface area contributed by atoms with Gasteiger partial charge in [-0.2, -0.15) is 15.0 Å². The van der Waals surface area contributed by atoms with Gasteiger partial charge in [-0.3, -0.25) is 14.8 Å².